The van der Waals surface area contributed by atoms with Crippen LogP contribution >= 0.6 is 11.3 Å². The summed E-state index contributed by atoms with van der Waals surface area (Å²) in [5.74, 6) is -0.266. The van der Waals surface area contributed by atoms with Gasteiger partial charge in [-0.05, 0) is 26.8 Å². The lowest BCUT2D eigenvalue weighted by atomic mass is 10.1. The number of methoxy groups -OCH3 is 2. The highest BCUT2D eigenvalue weighted by atomic mass is 32.1. The first-order valence-corrected chi connectivity index (χ1v) is 11.4. The summed E-state index contributed by atoms with van der Waals surface area (Å²) in [6, 6.07) is -0.262. The Morgan fingerprint density at radius 3 is 2.54 bits per heavy atom. The maximum Gasteiger partial charge on any atom is 0.420 e. The van der Waals surface area contributed by atoms with E-state index >= 15 is 0 Å². The number of carbonyl (C=O) groups is 1. The third kappa shape index (κ3) is 5.97. The second kappa shape index (κ2) is 10.7. The number of amides is 2. The number of hydrogen-bond acceptors (Lipinski definition) is 8. The zero-order valence-electron chi connectivity index (χ0n) is 20.1. The molecular formula is C22H27F3N6O3S. The number of likely N-dealkylation sites (N-methyl/N-ethyl adjacent to an activating group) is 1. The Kier molecular flexibility index (Phi) is 8.13. The lowest BCUT2D eigenvalue weighted by Crippen LogP contribution is -2.35. The fourth-order valence-corrected chi connectivity index (χ4v) is 4.26. The Morgan fingerprint density at radius 2 is 1.91 bits per heavy atom. The minimum absolute atomic E-state index is 0.119. The number of hydrogen-bond donors (Lipinski definition) is 2. The van der Waals surface area contributed by atoms with E-state index in [0.717, 1.165) is 11.1 Å². The number of aryl methyl sites for hydroxylation is 1. The highest BCUT2D eigenvalue weighted by Crippen LogP contribution is 2.37. The van der Waals surface area contributed by atoms with Crippen molar-refractivity contribution < 1.29 is 27.4 Å². The third-order valence-electron chi connectivity index (χ3n) is 5.41. The van der Waals surface area contributed by atoms with E-state index in [-0.39, 0.29) is 24.2 Å². The molecule has 0 fully saturated rings. The summed E-state index contributed by atoms with van der Waals surface area (Å²) in [6.45, 7) is 5.58. The number of nitrogens with one attached hydrogen (secondary N) is 2. The van der Waals surface area contributed by atoms with E-state index in [1.807, 2.05) is 6.92 Å². The summed E-state index contributed by atoms with van der Waals surface area (Å²) >= 11 is 1.40. The molecule has 13 heteroatoms. The molecule has 3 heterocycles. The molecule has 2 atom stereocenters. The highest BCUT2D eigenvalue weighted by Gasteiger charge is 2.36. The van der Waals surface area contributed by atoms with Crippen LogP contribution in [0.5, 0.6) is 0 Å². The van der Waals surface area contributed by atoms with Crippen LogP contribution < -0.4 is 15.5 Å². The van der Waals surface area contributed by atoms with Crippen LogP contribution in [-0.4, -0.2) is 54.9 Å². The van der Waals surface area contributed by atoms with Gasteiger partial charge in [0.25, 0.3) is 0 Å². The van der Waals surface area contributed by atoms with Crippen molar-refractivity contribution in [3.8, 4) is 0 Å². The average Bonchev–Trinajstić information content (AvgIpc) is 3.17. The summed E-state index contributed by atoms with van der Waals surface area (Å²) < 4.78 is 51.9. The Bertz CT molecular complexity index is 1200. The number of fused-ring (bicyclic) bond motifs is 1. The maximum absolute atomic E-state index is 13.8. The minimum atomic E-state index is -4.68. The minimum Gasteiger partial charge on any atom is -0.383 e. The summed E-state index contributed by atoms with van der Waals surface area (Å²) in [5, 5.41) is 5.86. The Labute approximate surface area is 204 Å². The number of rotatable bonds is 8. The Hall–Kier alpha value is -3.03. The number of urea groups is 1. The van der Waals surface area contributed by atoms with Crippen molar-refractivity contribution in [2.24, 2.45) is 0 Å². The number of anilines is 3. The van der Waals surface area contributed by atoms with E-state index in [1.165, 1.54) is 49.9 Å². The molecular weight excluding hydrogens is 485 g/mol. The second-order valence-corrected chi connectivity index (χ2v) is 9.12. The number of alkyl halides is 3. The topological polar surface area (TPSA) is 102 Å². The number of thiazole rings is 1. The molecule has 3 rings (SSSR count). The monoisotopic (exact) mass is 512 g/mol. The van der Waals surface area contributed by atoms with E-state index in [0.29, 0.717) is 21.6 Å². The molecule has 190 valence electrons. The lowest BCUT2D eigenvalue weighted by molar-refractivity contribution is -0.137. The number of carbonyl (C=O) groups excluding carboxylic acids is 1. The first-order valence-electron chi connectivity index (χ1n) is 10.6. The number of pyridine rings is 2. The smallest absolute Gasteiger partial charge is 0.383 e. The zero-order valence-corrected chi connectivity index (χ0v) is 21.0. The van der Waals surface area contributed by atoms with Crippen molar-refractivity contribution in [1.82, 2.24) is 15.0 Å². The van der Waals surface area contributed by atoms with E-state index in [4.69, 9.17) is 9.47 Å². The molecule has 0 aliphatic heterocycles. The largest absolute Gasteiger partial charge is 0.420 e. The fourth-order valence-electron chi connectivity index (χ4n) is 3.49. The maximum atomic E-state index is 13.8. The van der Waals surface area contributed by atoms with Crippen LogP contribution in [0, 0.1) is 6.92 Å². The van der Waals surface area contributed by atoms with Crippen LogP contribution in [0.4, 0.5) is 35.2 Å². The first kappa shape index (κ1) is 26.6. The average molecular weight is 513 g/mol. The van der Waals surface area contributed by atoms with E-state index in [2.05, 4.69) is 25.6 Å². The lowest BCUT2D eigenvalue weighted by Gasteiger charge is -2.28. The molecule has 2 amide bonds. The molecule has 3 aromatic heterocycles. The Morgan fingerprint density at radius 1 is 1.20 bits per heavy atom. The molecule has 0 radical (unpaired) electrons. The summed E-state index contributed by atoms with van der Waals surface area (Å²) in [5.41, 5.74) is 0.457. The van der Waals surface area contributed by atoms with E-state index < -0.39 is 23.9 Å². The van der Waals surface area contributed by atoms with Gasteiger partial charge in [0.05, 0.1) is 47.5 Å². The van der Waals surface area contributed by atoms with Gasteiger partial charge >= 0.3 is 12.2 Å². The van der Waals surface area contributed by atoms with Crippen molar-refractivity contribution >= 4 is 44.9 Å². The third-order valence-corrected chi connectivity index (χ3v) is 6.29. The normalized spacial score (nSPS) is 13.5. The van der Waals surface area contributed by atoms with Crippen molar-refractivity contribution in [2.45, 2.75) is 39.1 Å². The van der Waals surface area contributed by atoms with Gasteiger partial charge in [-0.2, -0.15) is 13.2 Å². The quantitative estimate of drug-likeness (QED) is 0.426. The van der Waals surface area contributed by atoms with Gasteiger partial charge in [0, 0.05) is 26.8 Å². The van der Waals surface area contributed by atoms with Crippen LogP contribution in [0.1, 0.15) is 36.1 Å². The van der Waals surface area contributed by atoms with Crippen LogP contribution in [0.15, 0.2) is 18.5 Å². The van der Waals surface area contributed by atoms with Crippen LogP contribution in [0.2, 0.25) is 0 Å². The van der Waals surface area contributed by atoms with Crippen molar-refractivity contribution in [3.05, 3.63) is 34.6 Å². The molecule has 9 nitrogen and oxygen atoms in total. The summed E-state index contributed by atoms with van der Waals surface area (Å²) in [6.07, 6.45) is -2.46. The van der Waals surface area contributed by atoms with Crippen molar-refractivity contribution in [3.63, 3.8) is 0 Å². The van der Waals surface area contributed by atoms with Gasteiger partial charge in [0.1, 0.15) is 21.7 Å². The molecule has 2 unspecified atom stereocenters. The molecule has 3 aromatic rings. The molecule has 0 saturated heterocycles. The number of aromatic nitrogens is 3. The standard InChI is InChI=1S/C22H27F3N6O3S/c1-11(10-33-5)31(4)19-15(22(23,24)25)7-14(8-26-19)29-21(32)30-16-9-27-20-18(28-13(3)35-20)17(16)12(2)34-6/h7-9,11-12H,10H2,1-6H3,(H2,29,30,32). The van der Waals surface area contributed by atoms with Gasteiger partial charge in [0.15, 0.2) is 0 Å². The van der Waals surface area contributed by atoms with Gasteiger partial charge in [-0.1, -0.05) is 11.3 Å². The molecule has 2 N–H and O–H groups in total. The Balaban J connectivity index is 1.89. The van der Waals surface area contributed by atoms with Crippen LogP contribution in [0.25, 0.3) is 10.3 Å². The molecule has 35 heavy (non-hydrogen) atoms. The summed E-state index contributed by atoms with van der Waals surface area (Å²) in [7, 11) is 4.50. The molecule has 0 saturated carbocycles. The molecule has 0 spiro atoms. The number of halogens is 3. The SMILES string of the molecule is COCC(C)N(C)c1ncc(NC(=O)Nc2cnc3sc(C)nc3c2C(C)OC)cc1C(F)(F)F. The molecule has 0 aliphatic carbocycles. The molecule has 0 bridgehead atoms. The number of ether oxygens (including phenoxy) is 2. The van der Waals surface area contributed by atoms with Crippen molar-refractivity contribution in [2.75, 3.05) is 43.4 Å². The van der Waals surface area contributed by atoms with E-state index in [1.54, 1.807) is 13.8 Å². The van der Waals surface area contributed by atoms with Gasteiger partial charge in [-0.3, -0.25) is 0 Å². The van der Waals surface area contributed by atoms with Crippen molar-refractivity contribution in [1.29, 1.82) is 0 Å². The molecule has 0 aromatic carbocycles. The predicted molar refractivity (Wildman–Crippen MR) is 129 cm³/mol. The van der Waals surface area contributed by atoms with Gasteiger partial charge in [-0.15, -0.1) is 0 Å². The molecule has 0 aliphatic rings. The van der Waals surface area contributed by atoms with E-state index in [9.17, 15) is 18.0 Å². The first-order chi connectivity index (χ1) is 16.5. The second-order valence-electron chi connectivity index (χ2n) is 7.94. The van der Waals surface area contributed by atoms with Crippen LogP contribution in [0.3, 0.4) is 0 Å². The van der Waals surface area contributed by atoms with Crippen LogP contribution in [-0.2, 0) is 15.7 Å². The zero-order chi connectivity index (χ0) is 25.9. The fraction of sp³-hybridized carbons (Fsp3) is 0.455. The van der Waals surface area contributed by atoms with Gasteiger partial charge < -0.3 is 25.0 Å². The predicted octanol–water partition coefficient (Wildman–Crippen LogP) is 5.24. The number of nitrogens with zero attached hydrogens (tertiary/aromatic N) is 4. The van der Waals surface area contributed by atoms with Gasteiger partial charge in [-0.25, -0.2) is 19.7 Å². The van der Waals surface area contributed by atoms with Gasteiger partial charge in [0.2, 0.25) is 0 Å². The summed E-state index contributed by atoms with van der Waals surface area (Å²) in [4.78, 5) is 27.6. The highest BCUT2D eigenvalue weighted by molar-refractivity contribution is 7.18.